The number of carbonyl (C=O) groups is 1. The SMILES string of the molecule is CN1CCN(C2c3cc(S(=O)(=O)C(F)F)ccc3OC(C)(C)C2O)C(=O)C1. The fourth-order valence-electron chi connectivity index (χ4n) is 3.46. The van der Waals surface area contributed by atoms with E-state index in [1.165, 1.54) is 11.0 Å². The van der Waals surface area contributed by atoms with Crippen LogP contribution in [0.2, 0.25) is 0 Å². The first kappa shape index (κ1) is 20.0. The van der Waals surface area contributed by atoms with Crippen LogP contribution in [0.3, 0.4) is 0 Å². The summed E-state index contributed by atoms with van der Waals surface area (Å²) in [5.74, 6) is -3.54. The second kappa shape index (κ2) is 6.68. The maximum Gasteiger partial charge on any atom is 0.341 e. The van der Waals surface area contributed by atoms with Gasteiger partial charge < -0.3 is 14.7 Å². The molecule has 150 valence electrons. The molecule has 1 N–H and O–H groups in total. The molecule has 2 atom stereocenters. The van der Waals surface area contributed by atoms with Crippen molar-refractivity contribution in [3.8, 4) is 5.75 Å². The summed E-state index contributed by atoms with van der Waals surface area (Å²) in [4.78, 5) is 15.3. The van der Waals surface area contributed by atoms with Crippen LogP contribution in [0.1, 0.15) is 25.5 Å². The zero-order valence-corrected chi connectivity index (χ0v) is 16.0. The summed E-state index contributed by atoms with van der Waals surface area (Å²) >= 11 is 0. The molecule has 3 rings (SSSR count). The average Bonchev–Trinajstić information content (AvgIpc) is 2.56. The van der Waals surface area contributed by atoms with Crippen molar-refractivity contribution in [1.29, 1.82) is 0 Å². The van der Waals surface area contributed by atoms with E-state index in [0.29, 0.717) is 13.1 Å². The summed E-state index contributed by atoms with van der Waals surface area (Å²) < 4.78 is 55.4. The molecule has 1 aromatic rings. The number of aliphatic hydroxyl groups is 1. The Kier molecular flexibility index (Phi) is 4.94. The quantitative estimate of drug-likeness (QED) is 0.810. The zero-order chi connectivity index (χ0) is 20.1. The zero-order valence-electron chi connectivity index (χ0n) is 15.2. The average molecular weight is 404 g/mol. The number of fused-ring (bicyclic) bond motifs is 1. The van der Waals surface area contributed by atoms with Crippen molar-refractivity contribution in [3.63, 3.8) is 0 Å². The van der Waals surface area contributed by atoms with Crippen molar-refractivity contribution in [2.75, 3.05) is 26.7 Å². The summed E-state index contributed by atoms with van der Waals surface area (Å²) in [6.45, 7) is 4.34. The third kappa shape index (κ3) is 3.41. The number of sulfone groups is 1. The Morgan fingerprint density at radius 1 is 1.30 bits per heavy atom. The van der Waals surface area contributed by atoms with Gasteiger partial charge in [-0.15, -0.1) is 0 Å². The molecular weight excluding hydrogens is 382 g/mol. The minimum atomic E-state index is -4.82. The van der Waals surface area contributed by atoms with E-state index in [0.717, 1.165) is 12.1 Å². The molecule has 0 spiro atoms. The number of benzene rings is 1. The maximum atomic E-state index is 12.9. The molecule has 0 aliphatic carbocycles. The van der Waals surface area contributed by atoms with E-state index in [2.05, 4.69) is 0 Å². The largest absolute Gasteiger partial charge is 0.485 e. The number of ether oxygens (including phenoxy) is 1. The molecule has 2 unspecified atom stereocenters. The van der Waals surface area contributed by atoms with Crippen molar-refractivity contribution < 1.29 is 31.8 Å². The minimum absolute atomic E-state index is 0.148. The van der Waals surface area contributed by atoms with Crippen LogP contribution in [0.5, 0.6) is 5.75 Å². The Labute approximate surface area is 156 Å². The first-order valence-corrected chi connectivity index (χ1v) is 10.0. The van der Waals surface area contributed by atoms with Crippen LogP contribution in [-0.4, -0.2) is 73.4 Å². The van der Waals surface area contributed by atoms with Crippen LogP contribution in [0.4, 0.5) is 8.78 Å². The van der Waals surface area contributed by atoms with E-state index in [9.17, 15) is 27.1 Å². The van der Waals surface area contributed by atoms with Crippen molar-refractivity contribution in [3.05, 3.63) is 23.8 Å². The van der Waals surface area contributed by atoms with E-state index < -0.39 is 38.2 Å². The van der Waals surface area contributed by atoms with E-state index in [-0.39, 0.29) is 23.8 Å². The highest BCUT2D eigenvalue weighted by Crippen LogP contribution is 2.44. The van der Waals surface area contributed by atoms with Crippen LogP contribution >= 0.6 is 0 Å². The van der Waals surface area contributed by atoms with E-state index in [1.54, 1.807) is 20.9 Å². The van der Waals surface area contributed by atoms with Crippen LogP contribution in [0.15, 0.2) is 23.1 Å². The van der Waals surface area contributed by atoms with Gasteiger partial charge in [0.2, 0.25) is 15.7 Å². The molecule has 0 radical (unpaired) electrons. The lowest BCUT2D eigenvalue weighted by Crippen LogP contribution is -2.58. The molecule has 10 heteroatoms. The molecule has 0 bridgehead atoms. The van der Waals surface area contributed by atoms with Crippen molar-refractivity contribution in [2.45, 2.75) is 42.2 Å². The summed E-state index contributed by atoms with van der Waals surface area (Å²) in [5.41, 5.74) is -0.842. The van der Waals surface area contributed by atoms with Gasteiger partial charge in [-0.25, -0.2) is 8.42 Å². The van der Waals surface area contributed by atoms with Crippen LogP contribution in [-0.2, 0) is 14.6 Å². The lowest BCUT2D eigenvalue weighted by atomic mass is 9.85. The van der Waals surface area contributed by atoms with Gasteiger partial charge in [-0.05, 0) is 39.1 Å². The number of rotatable bonds is 3. The Morgan fingerprint density at radius 3 is 2.56 bits per heavy atom. The number of halogens is 2. The molecule has 2 heterocycles. The monoisotopic (exact) mass is 404 g/mol. The second-order valence-electron chi connectivity index (χ2n) is 7.43. The molecule has 2 aliphatic heterocycles. The number of likely N-dealkylation sites (N-methyl/N-ethyl adjacent to an activating group) is 1. The van der Waals surface area contributed by atoms with Crippen LogP contribution in [0, 0.1) is 0 Å². The van der Waals surface area contributed by atoms with Crippen LogP contribution in [0.25, 0.3) is 0 Å². The highest BCUT2D eigenvalue weighted by molar-refractivity contribution is 7.91. The number of amides is 1. The summed E-state index contributed by atoms with van der Waals surface area (Å²) in [6, 6.07) is 2.53. The lowest BCUT2D eigenvalue weighted by molar-refractivity contribution is -0.149. The maximum absolute atomic E-state index is 12.9. The highest BCUT2D eigenvalue weighted by atomic mass is 32.2. The van der Waals surface area contributed by atoms with E-state index >= 15 is 0 Å². The minimum Gasteiger partial charge on any atom is -0.485 e. The number of hydrogen-bond acceptors (Lipinski definition) is 6. The Bertz CT molecular complexity index is 859. The first-order chi connectivity index (χ1) is 12.4. The normalized spacial score (nSPS) is 26.0. The number of aliphatic hydroxyl groups excluding tert-OH is 1. The van der Waals surface area contributed by atoms with Gasteiger partial charge in [-0.2, -0.15) is 8.78 Å². The van der Waals surface area contributed by atoms with Gasteiger partial charge in [-0.3, -0.25) is 9.69 Å². The van der Waals surface area contributed by atoms with Crippen molar-refractivity contribution in [1.82, 2.24) is 9.80 Å². The predicted molar refractivity (Wildman–Crippen MR) is 92.3 cm³/mol. The number of piperazine rings is 1. The van der Waals surface area contributed by atoms with Gasteiger partial charge >= 0.3 is 5.76 Å². The Morgan fingerprint density at radius 2 is 1.96 bits per heavy atom. The molecule has 0 saturated carbocycles. The first-order valence-electron chi connectivity index (χ1n) is 8.46. The second-order valence-corrected chi connectivity index (χ2v) is 9.34. The topological polar surface area (TPSA) is 87.2 Å². The number of alkyl halides is 2. The van der Waals surface area contributed by atoms with Crippen LogP contribution < -0.4 is 4.74 Å². The lowest BCUT2D eigenvalue weighted by Gasteiger charge is -2.48. The molecule has 7 nitrogen and oxygen atoms in total. The van der Waals surface area contributed by atoms with Gasteiger partial charge in [0.1, 0.15) is 17.5 Å². The molecular formula is C17H22F2N2O5S. The van der Waals surface area contributed by atoms with Crippen molar-refractivity contribution >= 4 is 15.7 Å². The van der Waals surface area contributed by atoms with E-state index in [4.69, 9.17) is 4.74 Å². The van der Waals surface area contributed by atoms with Crippen molar-refractivity contribution in [2.24, 2.45) is 0 Å². The van der Waals surface area contributed by atoms with Gasteiger partial charge in [-0.1, -0.05) is 0 Å². The predicted octanol–water partition coefficient (Wildman–Crippen LogP) is 1.03. The standard InChI is InChI=1S/C17H22F2N2O5S/c1-17(2)15(23)14(21-7-6-20(3)9-13(21)22)11-8-10(4-5-12(11)26-17)27(24,25)16(18)19/h4-5,8,14-16,23H,6-7,9H2,1-3H3. The smallest absolute Gasteiger partial charge is 0.341 e. The summed E-state index contributed by atoms with van der Waals surface area (Å²) in [5, 5.41) is 10.9. The third-order valence-electron chi connectivity index (χ3n) is 5.03. The molecule has 2 aliphatic rings. The molecule has 0 aromatic heterocycles. The molecule has 1 fully saturated rings. The Balaban J connectivity index is 2.12. The van der Waals surface area contributed by atoms with Gasteiger partial charge in [0.25, 0.3) is 0 Å². The fourth-order valence-corrected chi connectivity index (χ4v) is 4.22. The van der Waals surface area contributed by atoms with Gasteiger partial charge in [0, 0.05) is 18.7 Å². The summed E-state index contributed by atoms with van der Waals surface area (Å²) in [7, 11) is -3.02. The Hall–Kier alpha value is -1.78. The number of nitrogens with zero attached hydrogens (tertiary/aromatic N) is 2. The van der Waals surface area contributed by atoms with E-state index in [1.807, 2.05) is 4.90 Å². The number of hydrogen-bond donors (Lipinski definition) is 1. The third-order valence-corrected chi connectivity index (χ3v) is 6.41. The van der Waals surface area contributed by atoms with Gasteiger partial charge in [0.05, 0.1) is 17.5 Å². The number of carbonyl (C=O) groups excluding carboxylic acids is 1. The fraction of sp³-hybridized carbons (Fsp3) is 0.588. The molecule has 1 saturated heterocycles. The molecule has 1 amide bonds. The highest BCUT2D eigenvalue weighted by Gasteiger charge is 2.47. The summed E-state index contributed by atoms with van der Waals surface area (Å²) in [6.07, 6.45) is -1.16. The molecule has 1 aromatic carbocycles. The molecule has 27 heavy (non-hydrogen) atoms. The van der Waals surface area contributed by atoms with Gasteiger partial charge in [0.15, 0.2) is 0 Å².